The molecule has 1 aromatic heterocycles. The topological polar surface area (TPSA) is 90.7 Å². The number of carbonyl (C=O) groups excluding carboxylic acids is 1. The van der Waals surface area contributed by atoms with Crippen LogP contribution in [0.15, 0.2) is 30.6 Å². The van der Waals surface area contributed by atoms with Gasteiger partial charge in [0.25, 0.3) is 0 Å². The minimum atomic E-state index is -1.01. The largest absolute Gasteiger partial charge is 0.465 e. The summed E-state index contributed by atoms with van der Waals surface area (Å²) in [5.41, 5.74) is 3.00. The maximum atomic E-state index is 12.1. The van der Waals surface area contributed by atoms with Crippen molar-refractivity contribution in [1.29, 1.82) is 0 Å². The van der Waals surface area contributed by atoms with E-state index in [-0.39, 0.29) is 18.5 Å². The predicted molar refractivity (Wildman–Crippen MR) is 107 cm³/mol. The summed E-state index contributed by atoms with van der Waals surface area (Å²) in [6, 6.07) is 5.78. The van der Waals surface area contributed by atoms with E-state index < -0.39 is 6.09 Å². The summed E-state index contributed by atoms with van der Waals surface area (Å²) in [7, 11) is 0. The fraction of sp³-hybridized carbons (Fsp3) is 0.450. The van der Waals surface area contributed by atoms with Crippen molar-refractivity contribution < 1.29 is 14.7 Å². The Kier molecular flexibility index (Phi) is 4.80. The highest BCUT2D eigenvalue weighted by Gasteiger charge is 2.33. The molecule has 2 amide bonds. The molecule has 28 heavy (non-hydrogen) atoms. The Bertz CT molecular complexity index is 903. The molecular formula is C20H25N5O3. The Hall–Kier alpha value is -2.87. The van der Waals surface area contributed by atoms with Gasteiger partial charge in [-0.3, -0.25) is 14.4 Å². The summed E-state index contributed by atoms with van der Waals surface area (Å²) in [6.45, 7) is 5.60. The van der Waals surface area contributed by atoms with E-state index in [0.717, 1.165) is 37.1 Å². The Morgan fingerprint density at radius 3 is 2.61 bits per heavy atom. The molecule has 0 aliphatic carbocycles. The Morgan fingerprint density at radius 2 is 1.93 bits per heavy atom. The van der Waals surface area contributed by atoms with Crippen LogP contribution in [0.3, 0.4) is 0 Å². The monoisotopic (exact) mass is 383 g/mol. The van der Waals surface area contributed by atoms with Crippen LogP contribution in [0, 0.1) is 0 Å². The summed E-state index contributed by atoms with van der Waals surface area (Å²) in [4.78, 5) is 26.9. The minimum Gasteiger partial charge on any atom is -0.465 e. The van der Waals surface area contributed by atoms with Crippen LogP contribution in [0.2, 0.25) is 0 Å². The van der Waals surface area contributed by atoms with Gasteiger partial charge in [-0.15, -0.1) is 0 Å². The van der Waals surface area contributed by atoms with Gasteiger partial charge in [0.1, 0.15) is 0 Å². The molecule has 0 radical (unpaired) electrons. The molecule has 2 N–H and O–H groups in total. The minimum absolute atomic E-state index is 0.0923. The standard InChI is InChI=1S/C20H25N5O3/c1-13-11-23(20(27)28)19-9-15(3-4-18(19)25(13)14(2)26)16-10-22-24(12-16)17-5-7-21-8-6-17/h3-4,9-10,12-13,17,21H,5-8,11H2,1-2H3,(H,27,28)/t13-/m0/s1. The highest BCUT2D eigenvalue weighted by atomic mass is 16.4. The van der Waals surface area contributed by atoms with Crippen molar-refractivity contribution in [2.24, 2.45) is 0 Å². The van der Waals surface area contributed by atoms with E-state index in [4.69, 9.17) is 0 Å². The van der Waals surface area contributed by atoms with Gasteiger partial charge in [-0.2, -0.15) is 5.10 Å². The Labute approximate surface area is 163 Å². The number of carbonyl (C=O) groups is 2. The van der Waals surface area contributed by atoms with Crippen molar-refractivity contribution in [2.75, 3.05) is 29.4 Å². The molecule has 4 rings (SSSR count). The normalized spacial score (nSPS) is 20.1. The van der Waals surface area contributed by atoms with Gasteiger partial charge in [0.05, 0.1) is 29.7 Å². The zero-order valence-corrected chi connectivity index (χ0v) is 16.1. The molecule has 0 spiro atoms. The average Bonchev–Trinajstić information content (AvgIpc) is 3.17. The third-order valence-corrected chi connectivity index (χ3v) is 5.60. The molecule has 2 aliphatic rings. The number of anilines is 2. The first-order valence-electron chi connectivity index (χ1n) is 9.65. The quantitative estimate of drug-likeness (QED) is 0.832. The summed E-state index contributed by atoms with van der Waals surface area (Å²) in [5, 5.41) is 17.6. The molecule has 1 atom stereocenters. The number of amides is 2. The van der Waals surface area contributed by atoms with Gasteiger partial charge in [0.2, 0.25) is 5.91 Å². The third-order valence-electron chi connectivity index (χ3n) is 5.60. The lowest BCUT2D eigenvalue weighted by molar-refractivity contribution is -0.117. The number of nitrogens with one attached hydrogen (secondary N) is 1. The average molecular weight is 383 g/mol. The highest BCUT2D eigenvalue weighted by Crippen LogP contribution is 2.39. The van der Waals surface area contributed by atoms with Gasteiger partial charge < -0.3 is 15.3 Å². The molecule has 8 heteroatoms. The molecule has 1 aromatic carbocycles. The second-order valence-electron chi connectivity index (χ2n) is 7.52. The van der Waals surface area contributed by atoms with Crippen molar-refractivity contribution in [3.63, 3.8) is 0 Å². The lowest BCUT2D eigenvalue weighted by Gasteiger charge is -2.39. The number of carboxylic acid groups (broad SMARTS) is 1. The maximum absolute atomic E-state index is 12.1. The highest BCUT2D eigenvalue weighted by molar-refractivity contribution is 6.02. The molecule has 0 saturated carbocycles. The molecule has 8 nitrogen and oxygen atoms in total. The number of hydrogen-bond donors (Lipinski definition) is 2. The molecule has 1 fully saturated rings. The third kappa shape index (κ3) is 3.24. The Morgan fingerprint density at radius 1 is 1.18 bits per heavy atom. The van der Waals surface area contributed by atoms with Crippen LogP contribution in [0.1, 0.15) is 32.7 Å². The van der Waals surface area contributed by atoms with Crippen LogP contribution in [-0.2, 0) is 4.79 Å². The van der Waals surface area contributed by atoms with E-state index in [1.54, 1.807) is 4.90 Å². The van der Waals surface area contributed by atoms with Gasteiger partial charge >= 0.3 is 6.09 Å². The zero-order chi connectivity index (χ0) is 19.8. The van der Waals surface area contributed by atoms with Crippen LogP contribution in [0.4, 0.5) is 16.2 Å². The van der Waals surface area contributed by atoms with Crippen LogP contribution in [0.25, 0.3) is 11.1 Å². The fourth-order valence-corrected chi connectivity index (χ4v) is 4.22. The SMILES string of the molecule is CC(=O)N1c2ccc(-c3cnn(C4CCNCC4)c3)cc2N(C(=O)O)C[C@@H]1C. The van der Waals surface area contributed by atoms with Gasteiger partial charge in [0, 0.05) is 25.2 Å². The van der Waals surface area contributed by atoms with Crippen molar-refractivity contribution in [1.82, 2.24) is 15.1 Å². The van der Waals surface area contributed by atoms with Gasteiger partial charge in [0.15, 0.2) is 0 Å². The molecule has 2 aromatic rings. The zero-order valence-electron chi connectivity index (χ0n) is 16.1. The number of fused-ring (bicyclic) bond motifs is 1. The van der Waals surface area contributed by atoms with Crippen molar-refractivity contribution in [3.8, 4) is 11.1 Å². The number of hydrogen-bond acceptors (Lipinski definition) is 4. The smallest absolute Gasteiger partial charge is 0.411 e. The first kappa shape index (κ1) is 18.5. The van der Waals surface area contributed by atoms with E-state index in [0.29, 0.717) is 17.4 Å². The molecule has 0 unspecified atom stereocenters. The van der Waals surface area contributed by atoms with Crippen molar-refractivity contribution in [2.45, 2.75) is 38.8 Å². The van der Waals surface area contributed by atoms with Crippen LogP contribution in [0.5, 0.6) is 0 Å². The fourth-order valence-electron chi connectivity index (χ4n) is 4.22. The second kappa shape index (κ2) is 7.27. The molecule has 0 bridgehead atoms. The molecule has 1 saturated heterocycles. The summed E-state index contributed by atoms with van der Waals surface area (Å²) in [5.74, 6) is -0.0923. The van der Waals surface area contributed by atoms with Gasteiger partial charge in [-0.1, -0.05) is 6.07 Å². The Balaban J connectivity index is 1.71. The predicted octanol–water partition coefficient (Wildman–Crippen LogP) is 2.71. The lowest BCUT2D eigenvalue weighted by Crippen LogP contribution is -2.51. The van der Waals surface area contributed by atoms with E-state index in [1.807, 2.05) is 42.2 Å². The lowest BCUT2D eigenvalue weighted by atomic mass is 10.0. The first-order chi connectivity index (χ1) is 13.5. The summed E-state index contributed by atoms with van der Waals surface area (Å²) >= 11 is 0. The van der Waals surface area contributed by atoms with E-state index in [1.165, 1.54) is 11.8 Å². The maximum Gasteiger partial charge on any atom is 0.411 e. The number of piperidine rings is 1. The van der Waals surface area contributed by atoms with Crippen LogP contribution >= 0.6 is 0 Å². The molecule has 148 valence electrons. The van der Waals surface area contributed by atoms with Crippen molar-refractivity contribution >= 4 is 23.4 Å². The second-order valence-corrected chi connectivity index (χ2v) is 7.52. The van der Waals surface area contributed by atoms with E-state index in [2.05, 4.69) is 10.4 Å². The summed E-state index contributed by atoms with van der Waals surface area (Å²) in [6.07, 6.45) is 4.92. The summed E-state index contributed by atoms with van der Waals surface area (Å²) < 4.78 is 2.01. The number of nitrogens with zero attached hydrogens (tertiary/aromatic N) is 4. The molecule has 3 heterocycles. The number of aromatic nitrogens is 2. The van der Waals surface area contributed by atoms with E-state index >= 15 is 0 Å². The first-order valence-corrected chi connectivity index (χ1v) is 9.65. The van der Waals surface area contributed by atoms with Crippen LogP contribution < -0.4 is 15.1 Å². The molecule has 2 aliphatic heterocycles. The van der Waals surface area contributed by atoms with Crippen LogP contribution in [-0.4, -0.2) is 52.6 Å². The van der Waals surface area contributed by atoms with Gasteiger partial charge in [-0.05, 0) is 50.6 Å². The van der Waals surface area contributed by atoms with Crippen molar-refractivity contribution in [3.05, 3.63) is 30.6 Å². The van der Waals surface area contributed by atoms with E-state index in [9.17, 15) is 14.7 Å². The number of rotatable bonds is 2. The number of benzene rings is 1. The van der Waals surface area contributed by atoms with Gasteiger partial charge in [-0.25, -0.2) is 4.79 Å². The molecular weight excluding hydrogens is 358 g/mol.